The molecule has 144 valence electrons. The maximum Gasteiger partial charge on any atom is 0.329 e. The van der Waals surface area contributed by atoms with Gasteiger partial charge in [0.15, 0.2) is 0 Å². The van der Waals surface area contributed by atoms with Crippen LogP contribution >= 0.6 is 11.6 Å². The molecule has 0 aromatic heterocycles. The SMILES string of the molecule is COc1ccc(NC(=O)CN2C(=O)N/C(=C\c3cc(Cl)ccc3O)C2=O)cc1. The van der Waals surface area contributed by atoms with Gasteiger partial charge in [-0.15, -0.1) is 0 Å². The van der Waals surface area contributed by atoms with E-state index < -0.39 is 24.4 Å². The molecule has 0 spiro atoms. The van der Waals surface area contributed by atoms with Crippen LogP contribution in [0, 0.1) is 0 Å². The van der Waals surface area contributed by atoms with Crippen LogP contribution in [0.1, 0.15) is 5.56 Å². The van der Waals surface area contributed by atoms with E-state index in [1.165, 1.54) is 31.4 Å². The van der Waals surface area contributed by atoms with Crippen LogP contribution in [0.25, 0.3) is 6.08 Å². The molecule has 3 rings (SSSR count). The zero-order valence-corrected chi connectivity index (χ0v) is 15.5. The van der Waals surface area contributed by atoms with E-state index in [0.717, 1.165) is 4.90 Å². The van der Waals surface area contributed by atoms with Crippen molar-refractivity contribution in [2.24, 2.45) is 0 Å². The molecular weight excluding hydrogens is 386 g/mol. The van der Waals surface area contributed by atoms with Gasteiger partial charge in [0.1, 0.15) is 23.7 Å². The van der Waals surface area contributed by atoms with E-state index in [2.05, 4.69) is 10.6 Å². The number of carbonyl (C=O) groups excluding carboxylic acids is 3. The molecule has 9 heteroatoms. The number of amides is 4. The molecule has 2 aromatic rings. The van der Waals surface area contributed by atoms with Crippen molar-refractivity contribution in [1.29, 1.82) is 0 Å². The molecule has 1 aliphatic heterocycles. The number of aromatic hydroxyl groups is 1. The number of rotatable bonds is 5. The molecule has 3 N–H and O–H groups in total. The van der Waals surface area contributed by atoms with Gasteiger partial charge in [-0.3, -0.25) is 9.59 Å². The van der Waals surface area contributed by atoms with Gasteiger partial charge in [0.2, 0.25) is 5.91 Å². The van der Waals surface area contributed by atoms with E-state index in [1.807, 2.05) is 0 Å². The molecule has 2 aromatic carbocycles. The van der Waals surface area contributed by atoms with E-state index in [1.54, 1.807) is 24.3 Å². The summed E-state index contributed by atoms with van der Waals surface area (Å²) in [5.74, 6) is -0.699. The number of hydrogen-bond acceptors (Lipinski definition) is 5. The number of imide groups is 1. The van der Waals surface area contributed by atoms with Crippen molar-refractivity contribution >= 4 is 41.2 Å². The van der Waals surface area contributed by atoms with E-state index >= 15 is 0 Å². The minimum Gasteiger partial charge on any atom is -0.507 e. The molecule has 0 radical (unpaired) electrons. The van der Waals surface area contributed by atoms with Crippen LogP contribution in [0.2, 0.25) is 5.02 Å². The first-order valence-electron chi connectivity index (χ1n) is 8.14. The third kappa shape index (κ3) is 4.24. The van der Waals surface area contributed by atoms with Gasteiger partial charge in [-0.2, -0.15) is 0 Å². The number of anilines is 1. The van der Waals surface area contributed by atoms with Crippen LogP contribution in [-0.4, -0.2) is 41.5 Å². The van der Waals surface area contributed by atoms with Gasteiger partial charge in [-0.25, -0.2) is 9.69 Å². The van der Waals surface area contributed by atoms with Gasteiger partial charge in [0.05, 0.1) is 7.11 Å². The van der Waals surface area contributed by atoms with Gasteiger partial charge in [-0.05, 0) is 48.5 Å². The van der Waals surface area contributed by atoms with Crippen LogP contribution in [0.15, 0.2) is 48.2 Å². The number of benzene rings is 2. The second kappa shape index (κ2) is 8.01. The van der Waals surface area contributed by atoms with Crippen molar-refractivity contribution in [3.63, 3.8) is 0 Å². The number of phenols is 1. The molecule has 4 amide bonds. The van der Waals surface area contributed by atoms with Gasteiger partial charge in [0.25, 0.3) is 5.91 Å². The molecule has 1 aliphatic rings. The minimum absolute atomic E-state index is 0.0696. The highest BCUT2D eigenvalue weighted by Gasteiger charge is 2.35. The standard InChI is InChI=1S/C19H16ClN3O5/c1-28-14-5-3-13(4-6-14)21-17(25)10-23-18(26)15(22-19(23)27)9-11-8-12(20)2-7-16(11)24/h2-9,24H,10H2,1H3,(H,21,25)(H,22,27)/b15-9-. The normalized spacial score (nSPS) is 14.9. The Balaban J connectivity index is 1.70. The summed E-state index contributed by atoms with van der Waals surface area (Å²) in [6.45, 7) is -0.463. The Labute approximate surface area is 165 Å². The van der Waals surface area contributed by atoms with Crippen molar-refractivity contribution in [3.05, 3.63) is 58.7 Å². The van der Waals surface area contributed by atoms with E-state index in [9.17, 15) is 19.5 Å². The number of phenolic OH excluding ortho intramolecular Hbond substituents is 1. The Morgan fingerprint density at radius 3 is 2.64 bits per heavy atom. The fourth-order valence-electron chi connectivity index (χ4n) is 2.53. The lowest BCUT2D eigenvalue weighted by Gasteiger charge is -2.12. The quantitative estimate of drug-likeness (QED) is 0.527. The molecule has 8 nitrogen and oxygen atoms in total. The average Bonchev–Trinajstić information content (AvgIpc) is 2.92. The van der Waals surface area contributed by atoms with Gasteiger partial charge in [-0.1, -0.05) is 11.6 Å². The third-order valence-electron chi connectivity index (χ3n) is 3.93. The molecule has 0 bridgehead atoms. The Hall–Kier alpha value is -3.52. The second-order valence-corrected chi connectivity index (χ2v) is 6.30. The summed E-state index contributed by atoms with van der Waals surface area (Å²) in [7, 11) is 1.53. The molecule has 1 saturated heterocycles. The van der Waals surface area contributed by atoms with Crippen molar-refractivity contribution in [3.8, 4) is 11.5 Å². The van der Waals surface area contributed by atoms with Gasteiger partial charge in [0, 0.05) is 16.3 Å². The van der Waals surface area contributed by atoms with E-state index in [-0.39, 0.29) is 17.0 Å². The van der Waals surface area contributed by atoms with Crippen LogP contribution in [0.3, 0.4) is 0 Å². The Kier molecular flexibility index (Phi) is 5.51. The van der Waals surface area contributed by atoms with Crippen LogP contribution in [-0.2, 0) is 9.59 Å². The molecule has 1 fully saturated rings. The Morgan fingerprint density at radius 2 is 1.96 bits per heavy atom. The van der Waals surface area contributed by atoms with Crippen molar-refractivity contribution in [2.45, 2.75) is 0 Å². The molecule has 0 saturated carbocycles. The van der Waals surface area contributed by atoms with Crippen LogP contribution < -0.4 is 15.4 Å². The van der Waals surface area contributed by atoms with Crippen LogP contribution in [0.4, 0.5) is 10.5 Å². The number of hydrogen-bond donors (Lipinski definition) is 3. The summed E-state index contributed by atoms with van der Waals surface area (Å²) in [6.07, 6.45) is 1.29. The largest absolute Gasteiger partial charge is 0.507 e. The van der Waals surface area contributed by atoms with E-state index in [0.29, 0.717) is 16.5 Å². The number of ether oxygens (including phenoxy) is 1. The lowest BCUT2D eigenvalue weighted by Crippen LogP contribution is -2.38. The summed E-state index contributed by atoms with van der Waals surface area (Å²) in [5.41, 5.74) is 0.693. The summed E-state index contributed by atoms with van der Waals surface area (Å²) in [5, 5.41) is 15.2. The maximum absolute atomic E-state index is 12.5. The monoisotopic (exact) mass is 401 g/mol. The van der Waals surface area contributed by atoms with Crippen molar-refractivity contribution in [2.75, 3.05) is 19.0 Å². The number of methoxy groups -OCH3 is 1. The summed E-state index contributed by atoms with van der Waals surface area (Å²) in [4.78, 5) is 37.5. The topological polar surface area (TPSA) is 108 Å². The predicted molar refractivity (Wildman–Crippen MR) is 103 cm³/mol. The fraction of sp³-hybridized carbons (Fsp3) is 0.105. The second-order valence-electron chi connectivity index (χ2n) is 5.86. The van der Waals surface area contributed by atoms with Gasteiger partial charge < -0.3 is 20.5 Å². The third-order valence-corrected chi connectivity index (χ3v) is 4.16. The smallest absolute Gasteiger partial charge is 0.329 e. The summed E-state index contributed by atoms with van der Waals surface area (Å²) in [6, 6.07) is 10.2. The van der Waals surface area contributed by atoms with Gasteiger partial charge >= 0.3 is 6.03 Å². The average molecular weight is 402 g/mol. The van der Waals surface area contributed by atoms with Crippen molar-refractivity contribution in [1.82, 2.24) is 10.2 Å². The molecule has 0 aliphatic carbocycles. The molecule has 0 unspecified atom stereocenters. The number of carbonyl (C=O) groups is 3. The highest BCUT2D eigenvalue weighted by Crippen LogP contribution is 2.25. The predicted octanol–water partition coefficient (Wildman–Crippen LogP) is 2.59. The highest BCUT2D eigenvalue weighted by molar-refractivity contribution is 6.30. The van der Waals surface area contributed by atoms with E-state index in [4.69, 9.17) is 16.3 Å². The zero-order valence-electron chi connectivity index (χ0n) is 14.7. The number of urea groups is 1. The molecule has 28 heavy (non-hydrogen) atoms. The first-order chi connectivity index (χ1) is 13.4. The number of nitrogens with one attached hydrogen (secondary N) is 2. The number of halogens is 1. The molecule has 1 heterocycles. The lowest BCUT2D eigenvalue weighted by molar-refractivity contribution is -0.127. The summed E-state index contributed by atoms with van der Waals surface area (Å²) >= 11 is 5.88. The summed E-state index contributed by atoms with van der Waals surface area (Å²) < 4.78 is 5.04. The van der Waals surface area contributed by atoms with Crippen LogP contribution in [0.5, 0.6) is 11.5 Å². The fourth-order valence-corrected chi connectivity index (χ4v) is 2.71. The Morgan fingerprint density at radius 1 is 1.25 bits per heavy atom. The first-order valence-corrected chi connectivity index (χ1v) is 8.52. The molecular formula is C19H16ClN3O5. The minimum atomic E-state index is -0.734. The van der Waals surface area contributed by atoms with Crippen molar-refractivity contribution < 1.29 is 24.2 Å². The maximum atomic E-state index is 12.5. The number of nitrogens with zero attached hydrogens (tertiary/aromatic N) is 1. The first kappa shape index (κ1) is 19.2. The highest BCUT2D eigenvalue weighted by atomic mass is 35.5. The zero-order chi connectivity index (χ0) is 20.3. The molecule has 0 atom stereocenters. The lowest BCUT2D eigenvalue weighted by atomic mass is 10.1. The Bertz CT molecular complexity index is 972.